The Morgan fingerprint density at radius 1 is 1.25 bits per heavy atom. The van der Waals surface area contributed by atoms with Crippen LogP contribution in [0.1, 0.15) is 19.3 Å². The molecule has 0 aromatic carbocycles. The molecule has 2 saturated heterocycles. The van der Waals surface area contributed by atoms with E-state index in [1.54, 1.807) is 0 Å². The predicted molar refractivity (Wildman–Crippen MR) is 55.8 cm³/mol. The smallest absolute Gasteiger partial charge is 0.309 e. The maximum atomic E-state index is 12.0. The summed E-state index contributed by atoms with van der Waals surface area (Å²) in [6.07, 6.45) is 2.86. The summed E-state index contributed by atoms with van der Waals surface area (Å²) in [4.78, 5) is 25.0. The van der Waals surface area contributed by atoms with Crippen LogP contribution in [0.25, 0.3) is 0 Å². The van der Waals surface area contributed by atoms with Gasteiger partial charge in [-0.15, -0.1) is 0 Å². The molecule has 2 heterocycles. The molecule has 1 aliphatic carbocycles. The van der Waals surface area contributed by atoms with Crippen LogP contribution in [0.15, 0.2) is 0 Å². The second-order valence-electron chi connectivity index (χ2n) is 5.05. The Morgan fingerprint density at radius 2 is 2.00 bits per heavy atom. The molecule has 3 fully saturated rings. The summed E-state index contributed by atoms with van der Waals surface area (Å²) in [5.74, 6) is -0.832. The third-order valence-corrected chi connectivity index (χ3v) is 3.99. The molecule has 3 unspecified atom stereocenters. The van der Waals surface area contributed by atoms with Gasteiger partial charge in [-0.3, -0.25) is 9.59 Å². The number of carbonyl (C=O) groups excluding carboxylic acids is 1. The average molecular weight is 224 g/mol. The van der Waals surface area contributed by atoms with Gasteiger partial charge in [0, 0.05) is 24.5 Å². The van der Waals surface area contributed by atoms with Crippen LogP contribution in [-0.2, 0) is 9.59 Å². The molecule has 88 valence electrons. The van der Waals surface area contributed by atoms with E-state index in [0.717, 1.165) is 25.8 Å². The highest BCUT2D eigenvalue weighted by atomic mass is 16.4. The first-order chi connectivity index (χ1) is 7.68. The second-order valence-corrected chi connectivity index (χ2v) is 5.05. The lowest BCUT2D eigenvalue weighted by Crippen LogP contribution is -2.40. The Morgan fingerprint density at radius 3 is 2.62 bits per heavy atom. The molecule has 1 amide bonds. The third-order valence-electron chi connectivity index (χ3n) is 3.99. The number of likely N-dealkylation sites (tertiary alicyclic amines) is 1. The van der Waals surface area contributed by atoms with E-state index in [-0.39, 0.29) is 23.9 Å². The maximum Gasteiger partial charge on any atom is 0.309 e. The van der Waals surface area contributed by atoms with Gasteiger partial charge < -0.3 is 15.3 Å². The molecule has 0 radical (unpaired) electrons. The highest BCUT2D eigenvalue weighted by molar-refractivity contribution is 5.83. The maximum absolute atomic E-state index is 12.0. The number of hydrogen-bond donors (Lipinski definition) is 2. The lowest BCUT2D eigenvalue weighted by atomic mass is 10.0. The molecule has 0 bridgehead atoms. The zero-order valence-electron chi connectivity index (χ0n) is 9.06. The van der Waals surface area contributed by atoms with Gasteiger partial charge >= 0.3 is 5.97 Å². The van der Waals surface area contributed by atoms with E-state index in [1.165, 1.54) is 0 Å². The number of nitrogens with one attached hydrogen (secondary N) is 1. The number of amides is 1. The number of aliphatic carboxylic acids is 1. The van der Waals surface area contributed by atoms with Crippen molar-refractivity contribution in [3.63, 3.8) is 0 Å². The van der Waals surface area contributed by atoms with Crippen molar-refractivity contribution in [1.29, 1.82) is 0 Å². The summed E-state index contributed by atoms with van der Waals surface area (Å²) in [6.45, 7) is 1.22. The topological polar surface area (TPSA) is 69.6 Å². The van der Waals surface area contributed by atoms with E-state index in [2.05, 4.69) is 5.32 Å². The monoisotopic (exact) mass is 224 g/mol. The molecule has 1 saturated carbocycles. The number of carboxylic acid groups (broad SMARTS) is 1. The molecule has 2 N–H and O–H groups in total. The van der Waals surface area contributed by atoms with Gasteiger partial charge in [-0.2, -0.15) is 0 Å². The number of carbonyl (C=O) groups is 2. The predicted octanol–water partition coefficient (Wildman–Crippen LogP) is -0.330. The molecular weight excluding hydrogens is 208 g/mol. The molecule has 0 aromatic rings. The van der Waals surface area contributed by atoms with Gasteiger partial charge in [0.05, 0.1) is 5.92 Å². The van der Waals surface area contributed by atoms with Crippen LogP contribution in [-0.4, -0.2) is 47.1 Å². The number of fused-ring (bicyclic) bond motifs is 1. The summed E-state index contributed by atoms with van der Waals surface area (Å²) in [5, 5.41) is 12.4. The Hall–Kier alpha value is -1.10. The normalized spacial score (nSPS) is 37.5. The quantitative estimate of drug-likeness (QED) is 0.674. The first-order valence-electron chi connectivity index (χ1n) is 5.95. The van der Waals surface area contributed by atoms with E-state index < -0.39 is 11.9 Å². The Kier molecular flexibility index (Phi) is 2.17. The fourth-order valence-electron chi connectivity index (χ4n) is 2.98. The van der Waals surface area contributed by atoms with Crippen LogP contribution in [0, 0.1) is 11.8 Å². The summed E-state index contributed by atoms with van der Waals surface area (Å²) in [5.41, 5.74) is 0. The highest BCUT2D eigenvalue weighted by Gasteiger charge is 2.51. The minimum absolute atomic E-state index is 0.0276. The van der Waals surface area contributed by atoms with Crippen LogP contribution < -0.4 is 5.32 Å². The first-order valence-corrected chi connectivity index (χ1v) is 5.95. The zero-order chi connectivity index (χ0) is 11.3. The Bertz CT molecular complexity index is 340. The Balaban J connectivity index is 1.79. The number of hydrogen-bond acceptors (Lipinski definition) is 3. The lowest BCUT2D eigenvalue weighted by molar-refractivity contribution is -0.142. The second kappa shape index (κ2) is 3.45. The van der Waals surface area contributed by atoms with Crippen LogP contribution in [0.4, 0.5) is 0 Å². The van der Waals surface area contributed by atoms with Crippen molar-refractivity contribution >= 4 is 11.9 Å². The van der Waals surface area contributed by atoms with Gasteiger partial charge in [-0.1, -0.05) is 0 Å². The van der Waals surface area contributed by atoms with Gasteiger partial charge in [0.15, 0.2) is 0 Å². The van der Waals surface area contributed by atoms with Crippen LogP contribution in [0.3, 0.4) is 0 Å². The number of rotatable bonds is 2. The SMILES string of the molecule is O=C(O)C1CN(C(=O)C2CC2)C2CCNC12. The highest BCUT2D eigenvalue weighted by Crippen LogP contribution is 2.37. The Labute approximate surface area is 93.8 Å². The van der Waals surface area contributed by atoms with E-state index in [1.807, 2.05) is 4.90 Å². The summed E-state index contributed by atoms with van der Waals surface area (Å²) < 4.78 is 0. The molecule has 0 aromatic heterocycles. The van der Waals surface area contributed by atoms with Crippen LogP contribution in [0.2, 0.25) is 0 Å². The van der Waals surface area contributed by atoms with Crippen molar-refractivity contribution in [2.45, 2.75) is 31.3 Å². The fourth-order valence-corrected chi connectivity index (χ4v) is 2.98. The first kappa shape index (κ1) is 10.1. The van der Waals surface area contributed by atoms with Gasteiger partial charge in [0.2, 0.25) is 5.91 Å². The van der Waals surface area contributed by atoms with Gasteiger partial charge in [-0.05, 0) is 25.8 Å². The van der Waals surface area contributed by atoms with E-state index >= 15 is 0 Å². The largest absolute Gasteiger partial charge is 0.481 e. The average Bonchev–Trinajstić information content (AvgIpc) is 2.86. The fraction of sp³-hybridized carbons (Fsp3) is 0.818. The molecule has 16 heavy (non-hydrogen) atoms. The zero-order valence-corrected chi connectivity index (χ0v) is 9.06. The van der Waals surface area contributed by atoms with Crippen LogP contribution >= 0.6 is 0 Å². The molecule has 0 spiro atoms. The summed E-state index contributed by atoms with van der Waals surface area (Å²) in [7, 11) is 0. The van der Waals surface area contributed by atoms with Gasteiger partial charge in [-0.25, -0.2) is 0 Å². The standard InChI is InChI=1S/C11H16N2O3/c14-10(6-1-2-6)13-5-7(11(15)16)9-8(13)3-4-12-9/h6-9,12H,1-5H2,(H,15,16). The van der Waals surface area contributed by atoms with Gasteiger partial charge in [0.1, 0.15) is 0 Å². The third kappa shape index (κ3) is 1.42. The summed E-state index contributed by atoms with van der Waals surface area (Å²) >= 11 is 0. The van der Waals surface area contributed by atoms with E-state index in [9.17, 15) is 9.59 Å². The molecule has 2 aliphatic heterocycles. The van der Waals surface area contributed by atoms with Crippen molar-refractivity contribution in [3.05, 3.63) is 0 Å². The number of nitrogens with zero attached hydrogens (tertiary/aromatic N) is 1. The molecule has 5 heteroatoms. The summed E-state index contributed by atoms with van der Waals surface area (Å²) in [6, 6.07) is 0.0920. The van der Waals surface area contributed by atoms with Crippen molar-refractivity contribution in [1.82, 2.24) is 10.2 Å². The van der Waals surface area contributed by atoms with Crippen molar-refractivity contribution in [3.8, 4) is 0 Å². The van der Waals surface area contributed by atoms with E-state index in [4.69, 9.17) is 5.11 Å². The minimum Gasteiger partial charge on any atom is -0.481 e. The lowest BCUT2D eigenvalue weighted by Gasteiger charge is -2.22. The molecule has 5 nitrogen and oxygen atoms in total. The molecule has 3 rings (SSSR count). The van der Waals surface area contributed by atoms with Crippen molar-refractivity contribution < 1.29 is 14.7 Å². The van der Waals surface area contributed by atoms with E-state index in [0.29, 0.717) is 6.54 Å². The van der Waals surface area contributed by atoms with Crippen molar-refractivity contribution in [2.75, 3.05) is 13.1 Å². The molecule has 3 aliphatic rings. The van der Waals surface area contributed by atoms with Gasteiger partial charge in [0.25, 0.3) is 0 Å². The van der Waals surface area contributed by atoms with Crippen LogP contribution in [0.5, 0.6) is 0 Å². The van der Waals surface area contributed by atoms with Crippen molar-refractivity contribution in [2.24, 2.45) is 11.8 Å². The minimum atomic E-state index is -0.782. The number of carboxylic acids is 1. The molecular formula is C11H16N2O3. The molecule has 3 atom stereocenters.